The third kappa shape index (κ3) is 5.83. The Kier molecular flexibility index (Phi) is 6.51. The van der Waals surface area contributed by atoms with Crippen LogP contribution in [-0.2, 0) is 11.2 Å². The van der Waals surface area contributed by atoms with Gasteiger partial charge in [-0.15, -0.1) is 0 Å². The molecule has 2 N–H and O–H groups in total. The van der Waals surface area contributed by atoms with E-state index in [1.807, 2.05) is 44.2 Å². The molecule has 27 heavy (non-hydrogen) atoms. The van der Waals surface area contributed by atoms with Crippen molar-refractivity contribution in [3.8, 4) is 0 Å². The van der Waals surface area contributed by atoms with E-state index < -0.39 is 5.54 Å². The predicted octanol–water partition coefficient (Wildman–Crippen LogP) is 3.70. The lowest BCUT2D eigenvalue weighted by Gasteiger charge is -2.35. The van der Waals surface area contributed by atoms with E-state index in [1.165, 1.54) is 5.56 Å². The van der Waals surface area contributed by atoms with Crippen molar-refractivity contribution in [2.45, 2.75) is 44.7 Å². The predicted molar refractivity (Wildman–Crippen MR) is 112 cm³/mol. The number of carbonyl (C=O) groups is 1. The Morgan fingerprint density at radius 3 is 2.44 bits per heavy atom. The van der Waals surface area contributed by atoms with Crippen molar-refractivity contribution in [1.29, 1.82) is 0 Å². The highest BCUT2D eigenvalue weighted by Crippen LogP contribution is 2.17. The molecule has 1 aliphatic rings. The number of rotatable bonds is 7. The van der Waals surface area contributed by atoms with Crippen LogP contribution in [0, 0.1) is 0 Å². The summed E-state index contributed by atoms with van der Waals surface area (Å²) in [4.78, 5) is 15.3. The van der Waals surface area contributed by atoms with Gasteiger partial charge in [-0.05, 0) is 57.4 Å². The second-order valence-corrected chi connectivity index (χ2v) is 7.96. The molecule has 0 radical (unpaired) electrons. The van der Waals surface area contributed by atoms with Gasteiger partial charge in [-0.2, -0.15) is 0 Å². The quantitative estimate of drug-likeness (QED) is 0.786. The van der Waals surface area contributed by atoms with Crippen LogP contribution in [0.5, 0.6) is 0 Å². The maximum atomic E-state index is 12.8. The molecule has 3 rings (SSSR count). The average Bonchev–Trinajstić information content (AvgIpc) is 2.68. The van der Waals surface area contributed by atoms with E-state index in [4.69, 9.17) is 0 Å². The molecule has 0 saturated carbocycles. The summed E-state index contributed by atoms with van der Waals surface area (Å²) in [7, 11) is 0. The number of anilines is 1. The Labute approximate surface area is 163 Å². The molecule has 1 atom stereocenters. The molecule has 1 amide bonds. The molecular formula is C23H31N3O. The lowest BCUT2D eigenvalue weighted by Crippen LogP contribution is -2.55. The summed E-state index contributed by atoms with van der Waals surface area (Å²) in [5, 5.41) is 6.60. The fraction of sp³-hybridized carbons (Fsp3) is 0.435. The molecule has 0 bridgehead atoms. The van der Waals surface area contributed by atoms with Gasteiger partial charge < -0.3 is 15.5 Å². The Hall–Kier alpha value is -2.33. The number of hydrogen-bond donors (Lipinski definition) is 2. The number of nitrogens with one attached hydrogen (secondary N) is 2. The summed E-state index contributed by atoms with van der Waals surface area (Å²) in [6.07, 6.45) is 3.24. The van der Waals surface area contributed by atoms with Gasteiger partial charge in [0.05, 0.1) is 0 Å². The molecule has 0 aromatic heterocycles. The minimum atomic E-state index is -0.645. The zero-order valence-electron chi connectivity index (χ0n) is 16.4. The Morgan fingerprint density at radius 1 is 1.07 bits per heavy atom. The maximum Gasteiger partial charge on any atom is 0.245 e. The van der Waals surface area contributed by atoms with Gasteiger partial charge >= 0.3 is 0 Å². The fourth-order valence-corrected chi connectivity index (χ4v) is 3.61. The first-order valence-electron chi connectivity index (χ1n) is 9.93. The van der Waals surface area contributed by atoms with Crippen LogP contribution in [0.4, 0.5) is 5.69 Å². The smallest absolute Gasteiger partial charge is 0.245 e. The molecule has 2 aromatic rings. The first kappa shape index (κ1) is 19.4. The maximum absolute atomic E-state index is 12.8. The molecule has 1 saturated heterocycles. The zero-order valence-corrected chi connectivity index (χ0v) is 16.4. The lowest BCUT2D eigenvalue weighted by atomic mass is 10.00. The summed E-state index contributed by atoms with van der Waals surface area (Å²) >= 11 is 0. The second kappa shape index (κ2) is 9.05. The third-order valence-corrected chi connectivity index (χ3v) is 5.20. The van der Waals surface area contributed by atoms with Crippen molar-refractivity contribution in [2.24, 2.45) is 0 Å². The SMILES string of the molecule is CC(C)(Nc1ccccc1)C(=O)N[C@@H]1CCCN(CCc2ccccc2)C1. The van der Waals surface area contributed by atoms with E-state index >= 15 is 0 Å². The van der Waals surface area contributed by atoms with Gasteiger partial charge in [0, 0.05) is 24.8 Å². The van der Waals surface area contributed by atoms with Crippen molar-refractivity contribution in [3.63, 3.8) is 0 Å². The van der Waals surface area contributed by atoms with Crippen molar-refractivity contribution in [1.82, 2.24) is 10.2 Å². The Bertz CT molecular complexity index is 715. The first-order chi connectivity index (χ1) is 13.0. The molecule has 1 heterocycles. The molecule has 0 unspecified atom stereocenters. The van der Waals surface area contributed by atoms with Crippen LogP contribution in [0.3, 0.4) is 0 Å². The average molecular weight is 366 g/mol. The topological polar surface area (TPSA) is 44.4 Å². The van der Waals surface area contributed by atoms with Crippen molar-refractivity contribution < 1.29 is 4.79 Å². The summed E-state index contributed by atoms with van der Waals surface area (Å²) in [6.45, 7) is 6.96. The highest BCUT2D eigenvalue weighted by Gasteiger charge is 2.30. The molecule has 1 fully saturated rings. The molecule has 2 aromatic carbocycles. The summed E-state index contributed by atoms with van der Waals surface area (Å²) in [6, 6.07) is 20.7. The van der Waals surface area contributed by atoms with Crippen molar-refractivity contribution in [2.75, 3.05) is 25.0 Å². The second-order valence-electron chi connectivity index (χ2n) is 7.96. The number of benzene rings is 2. The number of nitrogens with zero attached hydrogens (tertiary/aromatic N) is 1. The monoisotopic (exact) mass is 365 g/mol. The largest absolute Gasteiger partial charge is 0.372 e. The summed E-state index contributed by atoms with van der Waals surface area (Å²) in [5.74, 6) is 0.0567. The molecule has 4 heteroatoms. The number of para-hydroxylation sites is 1. The first-order valence-corrected chi connectivity index (χ1v) is 9.93. The van der Waals surface area contributed by atoms with E-state index in [-0.39, 0.29) is 11.9 Å². The molecule has 4 nitrogen and oxygen atoms in total. The van der Waals surface area contributed by atoms with Crippen LogP contribution in [0.2, 0.25) is 0 Å². The molecule has 0 spiro atoms. The zero-order chi connectivity index (χ0) is 19.1. The van der Waals surface area contributed by atoms with Gasteiger partial charge in [-0.3, -0.25) is 4.79 Å². The van der Waals surface area contributed by atoms with E-state index in [0.717, 1.165) is 44.6 Å². The van der Waals surface area contributed by atoms with Gasteiger partial charge in [-0.1, -0.05) is 48.5 Å². The van der Waals surface area contributed by atoms with Crippen LogP contribution < -0.4 is 10.6 Å². The molecule has 144 valence electrons. The van der Waals surface area contributed by atoms with E-state index in [0.29, 0.717) is 0 Å². The number of amides is 1. The van der Waals surface area contributed by atoms with Crippen LogP contribution >= 0.6 is 0 Å². The Morgan fingerprint density at radius 2 is 1.74 bits per heavy atom. The number of likely N-dealkylation sites (tertiary alicyclic amines) is 1. The summed E-state index contributed by atoms with van der Waals surface area (Å²) < 4.78 is 0. The van der Waals surface area contributed by atoms with E-state index in [1.54, 1.807) is 0 Å². The molecule has 1 aliphatic heterocycles. The van der Waals surface area contributed by atoms with Crippen molar-refractivity contribution in [3.05, 3.63) is 66.2 Å². The van der Waals surface area contributed by atoms with Crippen LogP contribution in [-0.4, -0.2) is 42.0 Å². The fourth-order valence-electron chi connectivity index (χ4n) is 3.61. The minimum Gasteiger partial charge on any atom is -0.372 e. The van der Waals surface area contributed by atoms with Gasteiger partial charge in [0.2, 0.25) is 5.91 Å². The number of hydrogen-bond acceptors (Lipinski definition) is 3. The van der Waals surface area contributed by atoms with Gasteiger partial charge in [0.15, 0.2) is 0 Å². The molecular weight excluding hydrogens is 334 g/mol. The number of carbonyl (C=O) groups excluding carboxylic acids is 1. The van der Waals surface area contributed by atoms with Gasteiger partial charge in [0.1, 0.15) is 5.54 Å². The van der Waals surface area contributed by atoms with Crippen molar-refractivity contribution >= 4 is 11.6 Å². The standard InChI is InChI=1S/C23H31N3O/c1-23(2,25-20-12-7-4-8-13-20)22(27)24-21-14-9-16-26(18-21)17-15-19-10-5-3-6-11-19/h3-8,10-13,21,25H,9,14-18H2,1-2H3,(H,24,27)/t21-/m1/s1. The Balaban J connectivity index is 1.49. The van der Waals surface area contributed by atoms with Gasteiger partial charge in [-0.25, -0.2) is 0 Å². The normalized spacial score (nSPS) is 18.1. The highest BCUT2D eigenvalue weighted by molar-refractivity contribution is 5.88. The summed E-state index contributed by atoms with van der Waals surface area (Å²) in [5.41, 5.74) is 1.69. The lowest BCUT2D eigenvalue weighted by molar-refractivity contribution is -0.125. The minimum absolute atomic E-state index is 0.0567. The van der Waals surface area contributed by atoms with Crippen LogP contribution in [0.25, 0.3) is 0 Å². The van der Waals surface area contributed by atoms with E-state index in [2.05, 4.69) is 45.9 Å². The third-order valence-electron chi connectivity index (χ3n) is 5.20. The highest BCUT2D eigenvalue weighted by atomic mass is 16.2. The van der Waals surface area contributed by atoms with Crippen LogP contribution in [0.15, 0.2) is 60.7 Å². The van der Waals surface area contributed by atoms with E-state index in [9.17, 15) is 4.79 Å². The molecule has 0 aliphatic carbocycles. The van der Waals surface area contributed by atoms with Crippen LogP contribution in [0.1, 0.15) is 32.3 Å². The van der Waals surface area contributed by atoms with Gasteiger partial charge in [0.25, 0.3) is 0 Å². The number of piperidine rings is 1.